The van der Waals surface area contributed by atoms with E-state index < -0.39 is 9.28 Å². The van der Waals surface area contributed by atoms with E-state index in [0.717, 1.165) is 25.2 Å². The molecule has 0 aromatic carbocycles. The molecule has 0 bridgehead atoms. The second-order valence-corrected chi connectivity index (χ2v) is 7.75. The Kier molecular flexibility index (Phi) is 12.5. The summed E-state index contributed by atoms with van der Waals surface area (Å²) in [6.45, 7) is 8.23. The molecule has 0 radical (unpaired) electrons. The molecule has 1 rings (SSSR count). The molecule has 21 heavy (non-hydrogen) atoms. The van der Waals surface area contributed by atoms with E-state index in [0.29, 0.717) is 26.4 Å². The summed E-state index contributed by atoms with van der Waals surface area (Å²) in [7, 11) is -1.55. The Morgan fingerprint density at radius 3 is 1.90 bits per heavy atom. The largest absolute Gasteiger partial charge is 0.394 e. The van der Waals surface area contributed by atoms with Gasteiger partial charge in [0.05, 0.1) is 26.4 Å². The zero-order chi connectivity index (χ0) is 15.2. The molecule has 5 heteroatoms. The van der Waals surface area contributed by atoms with E-state index in [9.17, 15) is 0 Å². The van der Waals surface area contributed by atoms with Gasteiger partial charge >= 0.3 is 9.28 Å². The van der Waals surface area contributed by atoms with Crippen LogP contribution in [0.15, 0.2) is 0 Å². The third kappa shape index (κ3) is 10.4. The lowest BCUT2D eigenvalue weighted by molar-refractivity contribution is 0.0744. The van der Waals surface area contributed by atoms with Crippen LogP contribution < -0.4 is 0 Å². The summed E-state index contributed by atoms with van der Waals surface area (Å²) in [6, 6.07) is 1.13. The van der Waals surface area contributed by atoms with Crippen LogP contribution in [0, 0.1) is 5.92 Å². The zero-order valence-corrected chi connectivity index (χ0v) is 15.1. The Morgan fingerprint density at radius 1 is 0.810 bits per heavy atom. The normalized spacial score (nSPS) is 16.7. The first-order valence-corrected chi connectivity index (χ1v) is 10.5. The van der Waals surface area contributed by atoms with Crippen LogP contribution in [0.5, 0.6) is 0 Å². The van der Waals surface area contributed by atoms with Gasteiger partial charge in [0.1, 0.15) is 0 Å². The van der Waals surface area contributed by atoms with Gasteiger partial charge in [-0.1, -0.05) is 32.1 Å². The molecule has 0 spiro atoms. The van der Waals surface area contributed by atoms with E-state index in [-0.39, 0.29) is 0 Å². The lowest BCUT2D eigenvalue weighted by Gasteiger charge is -2.23. The van der Waals surface area contributed by atoms with Crippen LogP contribution >= 0.6 is 0 Å². The molecule has 1 saturated carbocycles. The van der Waals surface area contributed by atoms with Gasteiger partial charge in [-0.3, -0.25) is 0 Å². The lowest BCUT2D eigenvalue weighted by Crippen LogP contribution is -2.27. The fraction of sp³-hybridized carbons (Fsp3) is 1.00. The predicted octanol–water partition coefficient (Wildman–Crippen LogP) is 3.28. The molecule has 0 atom stereocenters. The molecular formula is C16H34O4Si. The highest BCUT2D eigenvalue weighted by molar-refractivity contribution is 6.44. The molecule has 0 aliphatic heterocycles. The van der Waals surface area contributed by atoms with Crippen molar-refractivity contribution < 1.29 is 18.3 Å². The molecule has 0 unspecified atom stereocenters. The van der Waals surface area contributed by atoms with Crippen molar-refractivity contribution in [3.05, 3.63) is 0 Å². The maximum Gasteiger partial charge on any atom is 0.321 e. The van der Waals surface area contributed by atoms with Gasteiger partial charge in [-0.15, -0.1) is 0 Å². The van der Waals surface area contributed by atoms with Gasteiger partial charge < -0.3 is 18.3 Å². The van der Waals surface area contributed by atoms with Crippen LogP contribution in [-0.2, 0) is 18.3 Å². The molecule has 0 aromatic heterocycles. The molecule has 126 valence electrons. The van der Waals surface area contributed by atoms with E-state index in [2.05, 4.69) is 0 Å². The van der Waals surface area contributed by atoms with Crippen LogP contribution in [0.4, 0.5) is 0 Å². The van der Waals surface area contributed by atoms with E-state index >= 15 is 0 Å². The van der Waals surface area contributed by atoms with Crippen molar-refractivity contribution in [2.24, 2.45) is 5.92 Å². The first kappa shape index (κ1) is 19.1. The Bertz CT molecular complexity index is 210. The monoisotopic (exact) mass is 318 g/mol. The fourth-order valence-electron chi connectivity index (χ4n) is 2.83. The average molecular weight is 319 g/mol. The smallest absolute Gasteiger partial charge is 0.321 e. The standard InChI is InChI=1S/C16H34O4Si/c1-3-17-11-13-19-21(20-14-12-18-4-2)15-10-16-8-6-5-7-9-16/h16,21H,3-15H2,1-2H3. The van der Waals surface area contributed by atoms with E-state index in [4.69, 9.17) is 18.3 Å². The van der Waals surface area contributed by atoms with Gasteiger partial charge in [-0.05, 0) is 32.2 Å². The topological polar surface area (TPSA) is 36.9 Å². The number of ether oxygens (including phenoxy) is 2. The molecule has 1 aliphatic carbocycles. The molecule has 0 saturated heterocycles. The minimum absolute atomic E-state index is 0.671. The summed E-state index contributed by atoms with van der Waals surface area (Å²) in [6.07, 6.45) is 8.33. The Labute approximate surface area is 132 Å². The summed E-state index contributed by atoms with van der Waals surface area (Å²) in [4.78, 5) is 0. The van der Waals surface area contributed by atoms with Crippen molar-refractivity contribution in [1.29, 1.82) is 0 Å². The maximum atomic E-state index is 5.95. The van der Waals surface area contributed by atoms with Crippen molar-refractivity contribution in [1.82, 2.24) is 0 Å². The van der Waals surface area contributed by atoms with Gasteiger partial charge in [-0.2, -0.15) is 0 Å². The Morgan fingerprint density at radius 2 is 1.38 bits per heavy atom. The summed E-state index contributed by atoms with van der Waals surface area (Å²) in [5.41, 5.74) is 0. The minimum atomic E-state index is -1.55. The number of hydrogen-bond acceptors (Lipinski definition) is 4. The van der Waals surface area contributed by atoms with Crippen molar-refractivity contribution in [3.63, 3.8) is 0 Å². The van der Waals surface area contributed by atoms with Crippen LogP contribution in [-0.4, -0.2) is 48.9 Å². The SMILES string of the molecule is CCOCCO[SiH](CCC1CCCCC1)OCCOCC. The molecule has 1 aliphatic rings. The third-order valence-corrected chi connectivity index (χ3v) is 6.03. The minimum Gasteiger partial charge on any atom is -0.394 e. The Balaban J connectivity index is 2.17. The number of hydrogen-bond donors (Lipinski definition) is 0. The molecule has 0 N–H and O–H groups in total. The van der Waals surface area contributed by atoms with E-state index in [1.807, 2.05) is 13.8 Å². The van der Waals surface area contributed by atoms with Crippen LogP contribution in [0.2, 0.25) is 6.04 Å². The summed E-state index contributed by atoms with van der Waals surface area (Å²) < 4.78 is 22.6. The van der Waals surface area contributed by atoms with Crippen LogP contribution in [0.3, 0.4) is 0 Å². The first-order valence-electron chi connectivity index (χ1n) is 8.75. The maximum absolute atomic E-state index is 5.95. The van der Waals surface area contributed by atoms with Crippen molar-refractivity contribution in [2.75, 3.05) is 39.6 Å². The molecule has 0 amide bonds. The summed E-state index contributed by atoms with van der Waals surface area (Å²) >= 11 is 0. The average Bonchev–Trinajstić information content (AvgIpc) is 2.53. The summed E-state index contributed by atoms with van der Waals surface area (Å²) in [5, 5.41) is 0. The molecule has 0 heterocycles. The predicted molar refractivity (Wildman–Crippen MR) is 88.0 cm³/mol. The second-order valence-electron chi connectivity index (χ2n) is 5.65. The zero-order valence-electron chi connectivity index (χ0n) is 14.0. The highest BCUT2D eigenvalue weighted by Crippen LogP contribution is 2.28. The van der Waals surface area contributed by atoms with E-state index in [1.54, 1.807) is 0 Å². The van der Waals surface area contributed by atoms with Crippen molar-refractivity contribution >= 4 is 9.28 Å². The van der Waals surface area contributed by atoms with Gasteiger partial charge in [0.15, 0.2) is 0 Å². The third-order valence-electron chi connectivity index (χ3n) is 4.01. The second kappa shape index (κ2) is 13.7. The van der Waals surface area contributed by atoms with Crippen molar-refractivity contribution in [2.45, 2.75) is 58.4 Å². The lowest BCUT2D eigenvalue weighted by atomic mass is 9.88. The van der Waals surface area contributed by atoms with Crippen LogP contribution in [0.1, 0.15) is 52.4 Å². The summed E-state index contributed by atoms with van der Waals surface area (Å²) in [5.74, 6) is 0.903. The van der Waals surface area contributed by atoms with Gasteiger partial charge in [0, 0.05) is 13.2 Å². The van der Waals surface area contributed by atoms with Gasteiger partial charge in [0.25, 0.3) is 0 Å². The molecule has 1 fully saturated rings. The van der Waals surface area contributed by atoms with Crippen molar-refractivity contribution in [3.8, 4) is 0 Å². The van der Waals surface area contributed by atoms with Gasteiger partial charge in [0.2, 0.25) is 0 Å². The van der Waals surface area contributed by atoms with E-state index in [1.165, 1.54) is 38.5 Å². The highest BCUT2D eigenvalue weighted by atomic mass is 28.3. The molecule has 4 nitrogen and oxygen atoms in total. The first-order chi connectivity index (χ1) is 10.4. The quantitative estimate of drug-likeness (QED) is 0.386. The fourth-order valence-corrected chi connectivity index (χ4v) is 4.72. The van der Waals surface area contributed by atoms with Gasteiger partial charge in [-0.25, -0.2) is 0 Å². The number of rotatable bonds is 13. The molecular weight excluding hydrogens is 284 g/mol. The Hall–Kier alpha value is 0.0569. The highest BCUT2D eigenvalue weighted by Gasteiger charge is 2.19. The molecule has 0 aromatic rings. The van der Waals surface area contributed by atoms with Crippen LogP contribution in [0.25, 0.3) is 0 Å².